The van der Waals surface area contributed by atoms with Gasteiger partial charge in [-0.1, -0.05) is 0 Å². The first kappa shape index (κ1) is 15.6. The minimum Gasteiger partial charge on any atom is -0.479 e. The second-order valence-electron chi connectivity index (χ2n) is 5.20. The van der Waals surface area contributed by atoms with E-state index in [9.17, 15) is 20.0 Å². The van der Waals surface area contributed by atoms with E-state index in [0.29, 0.717) is 22.3 Å². The predicted molar refractivity (Wildman–Crippen MR) is 79.9 cm³/mol. The number of aryl methyl sites for hydroxylation is 1. The number of rotatable bonds is 5. The molecule has 1 atom stereocenters. The summed E-state index contributed by atoms with van der Waals surface area (Å²) >= 11 is 0. The van der Waals surface area contributed by atoms with Crippen molar-refractivity contribution >= 4 is 28.2 Å². The quantitative estimate of drug-likeness (QED) is 0.567. The Kier molecular flexibility index (Phi) is 3.96. The van der Waals surface area contributed by atoms with Gasteiger partial charge in [0.25, 0.3) is 5.69 Å². The molecule has 1 heterocycles. The zero-order valence-electron chi connectivity index (χ0n) is 12.0. The van der Waals surface area contributed by atoms with Gasteiger partial charge in [0.2, 0.25) is 0 Å². The SMILES string of the molecule is Cc1cc(NCC(C)(O)C(=O)O)c2cc([N+](=O)[O-])ccc2n1. The van der Waals surface area contributed by atoms with Crippen molar-refractivity contribution in [1.29, 1.82) is 0 Å². The van der Waals surface area contributed by atoms with Crippen LogP contribution in [0.25, 0.3) is 10.9 Å². The average Bonchev–Trinajstić information content (AvgIpc) is 2.43. The topological polar surface area (TPSA) is 126 Å². The lowest BCUT2D eigenvalue weighted by Gasteiger charge is -2.20. The Morgan fingerprint density at radius 2 is 2.14 bits per heavy atom. The van der Waals surface area contributed by atoms with Gasteiger partial charge in [0, 0.05) is 28.9 Å². The number of carboxylic acid groups (broad SMARTS) is 1. The molecule has 8 nitrogen and oxygen atoms in total. The summed E-state index contributed by atoms with van der Waals surface area (Å²) < 4.78 is 0. The molecular formula is C14H15N3O5. The van der Waals surface area contributed by atoms with Crippen LogP contribution in [0.5, 0.6) is 0 Å². The molecule has 0 aliphatic rings. The van der Waals surface area contributed by atoms with Crippen LogP contribution in [0, 0.1) is 17.0 Å². The number of hydrogen-bond donors (Lipinski definition) is 3. The van der Waals surface area contributed by atoms with Gasteiger partial charge >= 0.3 is 5.97 Å². The van der Waals surface area contributed by atoms with E-state index in [1.807, 2.05) is 0 Å². The molecule has 2 aromatic rings. The highest BCUT2D eigenvalue weighted by molar-refractivity contribution is 5.93. The number of nitro groups is 1. The molecule has 1 aromatic heterocycles. The molecule has 1 unspecified atom stereocenters. The van der Waals surface area contributed by atoms with E-state index in [1.54, 1.807) is 13.0 Å². The van der Waals surface area contributed by atoms with Crippen molar-refractivity contribution in [2.75, 3.05) is 11.9 Å². The Labute approximate surface area is 125 Å². The fourth-order valence-electron chi connectivity index (χ4n) is 1.95. The van der Waals surface area contributed by atoms with Crippen LogP contribution in [0.1, 0.15) is 12.6 Å². The molecule has 0 spiro atoms. The molecular weight excluding hydrogens is 290 g/mol. The normalized spacial score (nSPS) is 13.6. The maximum absolute atomic E-state index is 10.9. The zero-order chi connectivity index (χ0) is 16.5. The van der Waals surface area contributed by atoms with Crippen molar-refractivity contribution in [3.63, 3.8) is 0 Å². The summed E-state index contributed by atoms with van der Waals surface area (Å²) in [5, 5.41) is 32.8. The second-order valence-corrected chi connectivity index (χ2v) is 5.20. The fraction of sp³-hybridized carbons (Fsp3) is 0.286. The van der Waals surface area contributed by atoms with Crippen LogP contribution >= 0.6 is 0 Å². The lowest BCUT2D eigenvalue weighted by atomic mass is 10.1. The lowest BCUT2D eigenvalue weighted by molar-refractivity contribution is -0.384. The molecule has 0 saturated carbocycles. The van der Waals surface area contributed by atoms with E-state index < -0.39 is 16.5 Å². The highest BCUT2D eigenvalue weighted by Gasteiger charge is 2.29. The molecule has 1 aromatic carbocycles. The number of aromatic nitrogens is 1. The monoisotopic (exact) mass is 305 g/mol. The lowest BCUT2D eigenvalue weighted by Crippen LogP contribution is -2.41. The summed E-state index contributed by atoms with van der Waals surface area (Å²) in [5.41, 5.74) is -0.356. The average molecular weight is 305 g/mol. The number of carboxylic acids is 1. The van der Waals surface area contributed by atoms with Gasteiger partial charge in [0.15, 0.2) is 5.60 Å². The van der Waals surface area contributed by atoms with Crippen molar-refractivity contribution < 1.29 is 19.9 Å². The predicted octanol–water partition coefficient (Wildman–Crippen LogP) is 1.70. The number of carbonyl (C=O) groups is 1. The summed E-state index contributed by atoms with van der Waals surface area (Å²) in [4.78, 5) is 25.6. The van der Waals surface area contributed by atoms with Crippen LogP contribution in [0.4, 0.5) is 11.4 Å². The van der Waals surface area contributed by atoms with Crippen LogP contribution in [-0.4, -0.2) is 38.2 Å². The first-order valence-electron chi connectivity index (χ1n) is 6.46. The van der Waals surface area contributed by atoms with Gasteiger partial charge in [-0.15, -0.1) is 0 Å². The van der Waals surface area contributed by atoms with E-state index in [0.717, 1.165) is 0 Å². The Morgan fingerprint density at radius 3 is 2.73 bits per heavy atom. The number of benzene rings is 1. The van der Waals surface area contributed by atoms with Crippen LogP contribution in [-0.2, 0) is 4.79 Å². The highest BCUT2D eigenvalue weighted by Crippen LogP contribution is 2.27. The molecule has 8 heteroatoms. The molecule has 22 heavy (non-hydrogen) atoms. The molecule has 2 rings (SSSR count). The fourth-order valence-corrected chi connectivity index (χ4v) is 1.95. The van der Waals surface area contributed by atoms with E-state index >= 15 is 0 Å². The number of anilines is 1. The first-order valence-corrected chi connectivity index (χ1v) is 6.46. The van der Waals surface area contributed by atoms with Crippen molar-refractivity contribution in [2.45, 2.75) is 19.4 Å². The number of aliphatic hydroxyl groups is 1. The van der Waals surface area contributed by atoms with Crippen molar-refractivity contribution in [3.05, 3.63) is 40.1 Å². The first-order chi connectivity index (χ1) is 10.2. The number of pyridine rings is 1. The van der Waals surface area contributed by atoms with E-state index in [2.05, 4.69) is 10.3 Å². The van der Waals surface area contributed by atoms with Gasteiger partial charge in [-0.3, -0.25) is 15.1 Å². The third-order valence-electron chi connectivity index (χ3n) is 3.21. The number of fused-ring (bicyclic) bond motifs is 1. The highest BCUT2D eigenvalue weighted by atomic mass is 16.6. The Morgan fingerprint density at radius 1 is 1.45 bits per heavy atom. The van der Waals surface area contributed by atoms with Crippen LogP contribution < -0.4 is 5.32 Å². The van der Waals surface area contributed by atoms with Gasteiger partial charge < -0.3 is 15.5 Å². The van der Waals surface area contributed by atoms with E-state index in [-0.39, 0.29) is 12.2 Å². The Bertz CT molecular complexity index is 757. The number of nitrogens with one attached hydrogen (secondary N) is 1. The van der Waals surface area contributed by atoms with Gasteiger partial charge in [-0.25, -0.2) is 4.79 Å². The number of nitrogens with zero attached hydrogens (tertiary/aromatic N) is 2. The van der Waals surface area contributed by atoms with Crippen LogP contribution in [0.15, 0.2) is 24.3 Å². The summed E-state index contributed by atoms with van der Waals surface area (Å²) in [7, 11) is 0. The molecule has 0 aliphatic carbocycles. The molecule has 0 radical (unpaired) electrons. The van der Waals surface area contributed by atoms with Crippen molar-refractivity contribution in [3.8, 4) is 0 Å². The van der Waals surface area contributed by atoms with Gasteiger partial charge in [-0.05, 0) is 26.0 Å². The summed E-state index contributed by atoms with van der Waals surface area (Å²) in [5.74, 6) is -1.36. The van der Waals surface area contributed by atoms with Crippen LogP contribution in [0.3, 0.4) is 0 Å². The number of hydrogen-bond acceptors (Lipinski definition) is 6. The smallest absolute Gasteiger partial charge is 0.337 e. The number of non-ortho nitro benzene ring substituents is 1. The molecule has 0 amide bonds. The minimum absolute atomic E-state index is 0.0915. The van der Waals surface area contributed by atoms with Gasteiger partial charge in [0.1, 0.15) is 0 Å². The summed E-state index contributed by atoms with van der Waals surface area (Å²) in [6.07, 6.45) is 0. The molecule has 0 bridgehead atoms. The Balaban J connectivity index is 2.45. The van der Waals surface area contributed by atoms with E-state index in [4.69, 9.17) is 5.11 Å². The standard InChI is InChI=1S/C14H15N3O5/c1-8-5-12(15-7-14(2,20)13(18)19)10-6-9(17(21)22)3-4-11(10)16-8/h3-6,20H,7H2,1-2H3,(H,15,16)(H,18,19). The maximum Gasteiger partial charge on any atom is 0.337 e. The third-order valence-corrected chi connectivity index (χ3v) is 3.21. The number of aliphatic carboxylic acids is 1. The van der Waals surface area contributed by atoms with Gasteiger partial charge in [-0.2, -0.15) is 0 Å². The maximum atomic E-state index is 10.9. The largest absolute Gasteiger partial charge is 0.479 e. The number of nitro benzene ring substituents is 1. The van der Waals surface area contributed by atoms with Crippen molar-refractivity contribution in [2.24, 2.45) is 0 Å². The Hall–Kier alpha value is -2.74. The van der Waals surface area contributed by atoms with Crippen molar-refractivity contribution in [1.82, 2.24) is 4.98 Å². The summed E-state index contributed by atoms with van der Waals surface area (Å²) in [6.45, 7) is 2.67. The molecule has 0 aliphatic heterocycles. The molecule has 3 N–H and O–H groups in total. The van der Waals surface area contributed by atoms with Gasteiger partial charge in [0.05, 0.1) is 17.0 Å². The zero-order valence-corrected chi connectivity index (χ0v) is 12.0. The second kappa shape index (κ2) is 5.57. The molecule has 116 valence electrons. The molecule has 0 saturated heterocycles. The minimum atomic E-state index is -1.95. The van der Waals surface area contributed by atoms with Crippen LogP contribution in [0.2, 0.25) is 0 Å². The third kappa shape index (κ3) is 3.12. The summed E-state index contributed by atoms with van der Waals surface area (Å²) in [6, 6.07) is 5.89. The van der Waals surface area contributed by atoms with E-state index in [1.165, 1.54) is 25.1 Å². The molecule has 0 fully saturated rings.